The largest absolute Gasteiger partial charge is 0.337 e. The minimum absolute atomic E-state index is 0.225. The Balaban J connectivity index is 1.75. The second-order valence-corrected chi connectivity index (χ2v) is 4.94. The van der Waals surface area contributed by atoms with Crippen LogP contribution in [-0.4, -0.2) is 19.1 Å². The maximum atomic E-state index is 12.3. The number of aryl methyl sites for hydroxylation is 1. The van der Waals surface area contributed by atoms with Crippen molar-refractivity contribution in [2.45, 2.75) is 25.9 Å². The second kappa shape index (κ2) is 5.78. The van der Waals surface area contributed by atoms with Crippen molar-refractivity contribution in [3.8, 4) is 0 Å². The molecular weight excluding hydrogens is 268 g/mol. The molecule has 0 spiro atoms. The van der Waals surface area contributed by atoms with E-state index in [-0.39, 0.29) is 11.2 Å². The Morgan fingerprint density at radius 1 is 1.10 bits per heavy atom. The van der Waals surface area contributed by atoms with Crippen molar-refractivity contribution in [2.24, 2.45) is 0 Å². The van der Waals surface area contributed by atoms with Gasteiger partial charge >= 0.3 is 5.69 Å². The first-order chi connectivity index (χ1) is 10.3. The second-order valence-electron chi connectivity index (χ2n) is 4.94. The Labute approximate surface area is 120 Å². The van der Waals surface area contributed by atoms with Crippen molar-refractivity contribution in [1.29, 1.82) is 0 Å². The Morgan fingerprint density at radius 3 is 2.71 bits per heavy atom. The van der Waals surface area contributed by atoms with Crippen LogP contribution in [0.3, 0.4) is 0 Å². The number of rotatable bonds is 5. The lowest BCUT2D eigenvalue weighted by atomic mass is 10.2. The smallest absolute Gasteiger partial charge is 0.328 e. The van der Waals surface area contributed by atoms with Gasteiger partial charge in [0.25, 0.3) is 5.56 Å². The van der Waals surface area contributed by atoms with E-state index in [9.17, 15) is 9.59 Å². The summed E-state index contributed by atoms with van der Waals surface area (Å²) < 4.78 is 3.25. The number of fused-ring (bicyclic) bond motifs is 1. The number of imidazole rings is 1. The molecule has 0 radical (unpaired) electrons. The number of nitrogens with zero attached hydrogens (tertiary/aromatic N) is 3. The number of para-hydroxylation sites is 1. The van der Waals surface area contributed by atoms with Crippen LogP contribution < -0.4 is 11.2 Å². The van der Waals surface area contributed by atoms with Gasteiger partial charge in [0.2, 0.25) is 0 Å². The monoisotopic (exact) mass is 284 g/mol. The molecule has 6 heteroatoms. The molecule has 0 atom stereocenters. The fourth-order valence-corrected chi connectivity index (χ4v) is 2.39. The van der Waals surface area contributed by atoms with Gasteiger partial charge in [0.1, 0.15) is 0 Å². The number of nitrogens with one attached hydrogen (secondary N) is 1. The molecule has 21 heavy (non-hydrogen) atoms. The van der Waals surface area contributed by atoms with Gasteiger partial charge in [-0.1, -0.05) is 12.1 Å². The minimum atomic E-state index is -0.346. The zero-order valence-corrected chi connectivity index (χ0v) is 11.5. The first-order valence-electron chi connectivity index (χ1n) is 6.93. The van der Waals surface area contributed by atoms with Crippen molar-refractivity contribution in [3.63, 3.8) is 0 Å². The van der Waals surface area contributed by atoms with Crippen molar-refractivity contribution >= 4 is 10.9 Å². The van der Waals surface area contributed by atoms with E-state index in [1.807, 2.05) is 10.8 Å². The van der Waals surface area contributed by atoms with Crippen LogP contribution in [0.1, 0.15) is 12.8 Å². The van der Waals surface area contributed by atoms with Crippen molar-refractivity contribution in [3.05, 3.63) is 63.8 Å². The number of unbranched alkanes of at least 4 members (excludes halogenated alkanes) is 1. The first-order valence-corrected chi connectivity index (χ1v) is 6.93. The molecule has 0 aliphatic carbocycles. The number of H-pyrrole nitrogens is 1. The summed E-state index contributed by atoms with van der Waals surface area (Å²) in [7, 11) is 0. The molecule has 0 saturated heterocycles. The first kappa shape index (κ1) is 13.4. The summed E-state index contributed by atoms with van der Waals surface area (Å²) in [5.74, 6) is 0. The van der Waals surface area contributed by atoms with E-state index >= 15 is 0 Å². The molecule has 3 rings (SSSR count). The van der Waals surface area contributed by atoms with Crippen LogP contribution in [0.25, 0.3) is 10.9 Å². The minimum Gasteiger partial charge on any atom is -0.337 e. The Morgan fingerprint density at radius 2 is 1.90 bits per heavy atom. The molecule has 2 aromatic heterocycles. The molecule has 0 unspecified atom stereocenters. The zero-order valence-electron chi connectivity index (χ0n) is 11.5. The molecule has 0 aliphatic rings. The SMILES string of the molecule is O=c1[nH]c2ccccc2c(=O)n1CCCCn1ccnc1. The van der Waals surface area contributed by atoms with Crippen LogP contribution >= 0.6 is 0 Å². The highest BCUT2D eigenvalue weighted by molar-refractivity contribution is 5.76. The third-order valence-electron chi connectivity index (χ3n) is 3.50. The molecule has 108 valence electrons. The Bertz CT molecular complexity index is 846. The number of aromatic amines is 1. The fourth-order valence-electron chi connectivity index (χ4n) is 2.39. The molecule has 6 nitrogen and oxygen atoms in total. The topological polar surface area (TPSA) is 72.7 Å². The van der Waals surface area contributed by atoms with Crippen molar-refractivity contribution in [2.75, 3.05) is 0 Å². The molecule has 0 bridgehead atoms. The maximum Gasteiger partial charge on any atom is 0.328 e. The molecule has 3 aromatic rings. The number of hydrogen-bond donors (Lipinski definition) is 1. The third kappa shape index (κ3) is 2.79. The van der Waals surface area contributed by atoms with Crippen molar-refractivity contribution < 1.29 is 0 Å². The van der Waals surface area contributed by atoms with Gasteiger partial charge in [0, 0.05) is 25.5 Å². The molecule has 0 saturated carbocycles. The summed E-state index contributed by atoms with van der Waals surface area (Å²) in [4.78, 5) is 31.0. The number of hydrogen-bond acceptors (Lipinski definition) is 3. The average Bonchev–Trinajstić information content (AvgIpc) is 2.99. The van der Waals surface area contributed by atoms with Crippen LogP contribution in [0.5, 0.6) is 0 Å². The van der Waals surface area contributed by atoms with E-state index in [0.29, 0.717) is 17.4 Å². The molecular formula is C15H16N4O2. The predicted molar refractivity (Wildman–Crippen MR) is 80.3 cm³/mol. The quantitative estimate of drug-likeness (QED) is 0.719. The normalized spacial score (nSPS) is 11.0. The summed E-state index contributed by atoms with van der Waals surface area (Å²) in [6.07, 6.45) is 7.04. The van der Waals surface area contributed by atoms with Gasteiger partial charge < -0.3 is 9.55 Å². The number of aromatic nitrogens is 4. The lowest BCUT2D eigenvalue weighted by molar-refractivity contribution is 0.532. The van der Waals surface area contributed by atoms with E-state index in [1.165, 1.54) is 4.57 Å². The predicted octanol–water partition coefficient (Wildman–Crippen LogP) is 1.37. The van der Waals surface area contributed by atoms with Gasteiger partial charge in [0.15, 0.2) is 0 Å². The van der Waals surface area contributed by atoms with Crippen LogP contribution in [0, 0.1) is 0 Å². The molecule has 2 heterocycles. The highest BCUT2D eigenvalue weighted by Gasteiger charge is 2.06. The lowest BCUT2D eigenvalue weighted by Crippen LogP contribution is -2.35. The van der Waals surface area contributed by atoms with E-state index in [2.05, 4.69) is 9.97 Å². The highest BCUT2D eigenvalue weighted by Crippen LogP contribution is 2.03. The van der Waals surface area contributed by atoms with Gasteiger partial charge in [-0.05, 0) is 25.0 Å². The lowest BCUT2D eigenvalue weighted by Gasteiger charge is -2.06. The third-order valence-corrected chi connectivity index (χ3v) is 3.50. The van der Waals surface area contributed by atoms with E-state index in [0.717, 1.165) is 19.4 Å². The van der Waals surface area contributed by atoms with Crippen LogP contribution in [0.4, 0.5) is 0 Å². The van der Waals surface area contributed by atoms with Gasteiger partial charge in [-0.25, -0.2) is 9.78 Å². The van der Waals surface area contributed by atoms with Gasteiger partial charge in [-0.2, -0.15) is 0 Å². The van der Waals surface area contributed by atoms with Crippen molar-refractivity contribution in [1.82, 2.24) is 19.1 Å². The molecule has 1 N–H and O–H groups in total. The highest BCUT2D eigenvalue weighted by atomic mass is 16.2. The maximum absolute atomic E-state index is 12.3. The molecule has 0 aliphatic heterocycles. The average molecular weight is 284 g/mol. The van der Waals surface area contributed by atoms with Crippen LogP contribution in [0.15, 0.2) is 52.6 Å². The van der Waals surface area contributed by atoms with Crippen LogP contribution in [0.2, 0.25) is 0 Å². The van der Waals surface area contributed by atoms with E-state index in [4.69, 9.17) is 0 Å². The number of benzene rings is 1. The van der Waals surface area contributed by atoms with Gasteiger partial charge in [-0.3, -0.25) is 9.36 Å². The summed E-state index contributed by atoms with van der Waals surface area (Å²) >= 11 is 0. The summed E-state index contributed by atoms with van der Waals surface area (Å²) in [5.41, 5.74) is 0.0143. The molecule has 0 amide bonds. The van der Waals surface area contributed by atoms with Gasteiger partial charge in [-0.15, -0.1) is 0 Å². The Kier molecular flexibility index (Phi) is 3.68. The van der Waals surface area contributed by atoms with Crippen LogP contribution in [-0.2, 0) is 13.1 Å². The fraction of sp³-hybridized carbons (Fsp3) is 0.267. The summed E-state index contributed by atoms with van der Waals surface area (Å²) in [5, 5.41) is 0.548. The molecule has 1 aromatic carbocycles. The zero-order chi connectivity index (χ0) is 14.7. The standard InChI is InChI=1S/C15H16N4O2/c20-14-12-5-1-2-6-13(12)17-15(21)19(14)9-4-3-8-18-10-7-16-11-18/h1-2,5-7,10-11H,3-4,8-9H2,(H,17,21). The summed E-state index contributed by atoms with van der Waals surface area (Å²) in [6.45, 7) is 1.26. The van der Waals surface area contributed by atoms with Gasteiger partial charge in [0.05, 0.1) is 17.2 Å². The molecule has 0 fully saturated rings. The van der Waals surface area contributed by atoms with E-state index < -0.39 is 0 Å². The summed E-state index contributed by atoms with van der Waals surface area (Å²) in [6, 6.07) is 7.07. The Hall–Kier alpha value is -2.63. The van der Waals surface area contributed by atoms with E-state index in [1.54, 1.807) is 36.8 Å².